The Morgan fingerprint density at radius 1 is 0.968 bits per heavy atom. The fourth-order valence-electron chi connectivity index (χ4n) is 4.12. The van der Waals surface area contributed by atoms with E-state index in [4.69, 9.17) is 11.6 Å². The van der Waals surface area contributed by atoms with E-state index in [1.165, 1.54) is 11.1 Å². The molecule has 0 saturated carbocycles. The fraction of sp³-hybridized carbons (Fsp3) is 0.360. The maximum atomic E-state index is 13.1. The maximum absolute atomic E-state index is 13.1. The van der Waals surface area contributed by atoms with Crippen molar-refractivity contribution in [3.63, 3.8) is 0 Å². The summed E-state index contributed by atoms with van der Waals surface area (Å²) in [4.78, 5) is 17.5. The molecule has 0 unspecified atom stereocenters. The number of hydrogen-bond donors (Lipinski definition) is 0. The predicted molar refractivity (Wildman–Crippen MR) is 125 cm³/mol. The Morgan fingerprint density at radius 3 is 2.39 bits per heavy atom. The van der Waals surface area contributed by atoms with Crippen LogP contribution in [0.3, 0.4) is 0 Å². The highest BCUT2D eigenvalue weighted by Crippen LogP contribution is 2.20. The van der Waals surface area contributed by atoms with Crippen molar-refractivity contribution in [3.8, 4) is 0 Å². The first-order valence-corrected chi connectivity index (χ1v) is 11.1. The van der Waals surface area contributed by atoms with Crippen LogP contribution in [0, 0.1) is 20.8 Å². The number of aryl methyl sites for hydroxylation is 2. The summed E-state index contributed by atoms with van der Waals surface area (Å²) in [6, 6.07) is 16.4. The van der Waals surface area contributed by atoms with Gasteiger partial charge in [-0.3, -0.25) is 14.4 Å². The summed E-state index contributed by atoms with van der Waals surface area (Å²) in [5, 5.41) is 5.21. The molecule has 5 nitrogen and oxygen atoms in total. The fourth-order valence-corrected chi connectivity index (χ4v) is 4.26. The first kappa shape index (κ1) is 21.6. The molecule has 1 aromatic heterocycles. The number of nitrogens with zero attached hydrogens (tertiary/aromatic N) is 4. The lowest BCUT2D eigenvalue weighted by Gasteiger charge is -2.35. The van der Waals surface area contributed by atoms with Gasteiger partial charge in [0.1, 0.15) is 0 Å². The molecule has 1 aliphatic rings. The number of carbonyl (C=O) groups is 1. The number of aromatic nitrogens is 2. The molecule has 0 bridgehead atoms. The van der Waals surface area contributed by atoms with Gasteiger partial charge >= 0.3 is 0 Å². The lowest BCUT2D eigenvalue weighted by molar-refractivity contribution is 0.0628. The minimum absolute atomic E-state index is 0.101. The first-order valence-electron chi connectivity index (χ1n) is 10.8. The van der Waals surface area contributed by atoms with Crippen molar-refractivity contribution in [1.29, 1.82) is 0 Å². The van der Waals surface area contributed by atoms with Crippen LogP contribution in [0.5, 0.6) is 0 Å². The molecule has 2 heterocycles. The average molecular weight is 437 g/mol. The van der Waals surface area contributed by atoms with Crippen molar-refractivity contribution in [2.24, 2.45) is 0 Å². The highest BCUT2D eigenvalue weighted by atomic mass is 35.5. The van der Waals surface area contributed by atoms with Crippen molar-refractivity contribution in [2.75, 3.05) is 26.2 Å². The maximum Gasteiger partial charge on any atom is 0.253 e. The van der Waals surface area contributed by atoms with Crippen LogP contribution in [0.15, 0.2) is 48.5 Å². The number of hydrogen-bond acceptors (Lipinski definition) is 3. The van der Waals surface area contributed by atoms with E-state index in [0.29, 0.717) is 11.6 Å². The highest BCUT2D eigenvalue weighted by Gasteiger charge is 2.22. The summed E-state index contributed by atoms with van der Waals surface area (Å²) >= 11 is 6.27. The van der Waals surface area contributed by atoms with Gasteiger partial charge in [-0.25, -0.2) is 0 Å². The molecule has 1 amide bonds. The Labute approximate surface area is 189 Å². The molecule has 0 aliphatic carbocycles. The third-order valence-electron chi connectivity index (χ3n) is 6.11. The van der Waals surface area contributed by atoms with Crippen LogP contribution < -0.4 is 0 Å². The standard InChI is InChI=1S/C25H29ClN4O/c1-18-7-4-5-9-23(18)17-28-11-13-29(14-12-28)25(31)22-10-6-8-21(15-22)16-30-20(3)24(26)19(2)27-30/h4-10,15H,11-14,16-17H2,1-3H3. The highest BCUT2D eigenvalue weighted by molar-refractivity contribution is 6.31. The molecule has 0 N–H and O–H groups in total. The van der Waals surface area contributed by atoms with Gasteiger partial charge in [-0.2, -0.15) is 5.10 Å². The molecular formula is C25H29ClN4O. The second-order valence-corrected chi connectivity index (χ2v) is 8.72. The Kier molecular flexibility index (Phi) is 6.44. The van der Waals surface area contributed by atoms with Gasteiger partial charge in [-0.15, -0.1) is 0 Å². The SMILES string of the molecule is Cc1ccccc1CN1CCN(C(=O)c2cccc(Cn3nc(C)c(Cl)c3C)c2)CC1. The number of amides is 1. The van der Waals surface area contributed by atoms with E-state index in [1.54, 1.807) is 0 Å². The van der Waals surface area contributed by atoms with Gasteiger partial charge in [-0.05, 0) is 49.6 Å². The molecule has 31 heavy (non-hydrogen) atoms. The summed E-state index contributed by atoms with van der Waals surface area (Å²) in [6.45, 7) is 10.9. The first-order chi connectivity index (χ1) is 14.9. The third kappa shape index (κ3) is 4.83. The molecule has 1 aliphatic heterocycles. The van der Waals surface area contributed by atoms with E-state index >= 15 is 0 Å². The number of piperazine rings is 1. The summed E-state index contributed by atoms with van der Waals surface area (Å²) in [7, 11) is 0. The molecule has 1 fully saturated rings. The lowest BCUT2D eigenvalue weighted by atomic mass is 10.1. The van der Waals surface area contributed by atoms with Crippen LogP contribution >= 0.6 is 11.6 Å². The summed E-state index contributed by atoms with van der Waals surface area (Å²) in [6.07, 6.45) is 0. The molecule has 162 valence electrons. The monoisotopic (exact) mass is 436 g/mol. The van der Waals surface area contributed by atoms with E-state index < -0.39 is 0 Å². The Bertz CT molecular complexity index is 1080. The minimum atomic E-state index is 0.101. The second-order valence-electron chi connectivity index (χ2n) is 8.34. The van der Waals surface area contributed by atoms with Gasteiger partial charge in [0, 0.05) is 38.3 Å². The van der Waals surface area contributed by atoms with Crippen LogP contribution in [0.4, 0.5) is 0 Å². The van der Waals surface area contributed by atoms with Gasteiger partial charge in [0.05, 0.1) is 23.0 Å². The Morgan fingerprint density at radius 2 is 1.71 bits per heavy atom. The number of carbonyl (C=O) groups excluding carboxylic acids is 1. The quantitative estimate of drug-likeness (QED) is 0.592. The zero-order chi connectivity index (χ0) is 22.0. The summed E-state index contributed by atoms with van der Waals surface area (Å²) in [5.74, 6) is 0.101. The average Bonchev–Trinajstić information content (AvgIpc) is 3.02. The number of halogens is 1. The Hall–Kier alpha value is -2.63. The largest absolute Gasteiger partial charge is 0.336 e. The van der Waals surface area contributed by atoms with Gasteiger partial charge in [0.15, 0.2) is 0 Å². The molecule has 4 rings (SSSR count). The molecule has 0 spiro atoms. The molecule has 0 radical (unpaired) electrons. The normalized spacial score (nSPS) is 14.8. The zero-order valence-electron chi connectivity index (χ0n) is 18.4. The molecule has 2 aromatic carbocycles. The minimum Gasteiger partial charge on any atom is -0.336 e. The molecular weight excluding hydrogens is 408 g/mol. The van der Waals surface area contributed by atoms with Crippen LogP contribution in [-0.2, 0) is 13.1 Å². The van der Waals surface area contributed by atoms with Gasteiger partial charge in [0.2, 0.25) is 0 Å². The second kappa shape index (κ2) is 9.25. The number of rotatable bonds is 5. The van der Waals surface area contributed by atoms with Crippen LogP contribution in [0.2, 0.25) is 5.02 Å². The van der Waals surface area contributed by atoms with E-state index in [9.17, 15) is 4.79 Å². The lowest BCUT2D eigenvalue weighted by Crippen LogP contribution is -2.48. The topological polar surface area (TPSA) is 41.4 Å². The van der Waals surface area contributed by atoms with Gasteiger partial charge < -0.3 is 4.90 Å². The van der Waals surface area contributed by atoms with E-state index in [0.717, 1.165) is 55.2 Å². The molecule has 3 aromatic rings. The van der Waals surface area contributed by atoms with E-state index in [-0.39, 0.29) is 5.91 Å². The molecule has 6 heteroatoms. The van der Waals surface area contributed by atoms with Crippen molar-refractivity contribution in [1.82, 2.24) is 19.6 Å². The van der Waals surface area contributed by atoms with Crippen molar-refractivity contribution >= 4 is 17.5 Å². The van der Waals surface area contributed by atoms with Crippen molar-refractivity contribution < 1.29 is 4.79 Å². The van der Waals surface area contributed by atoms with Crippen LogP contribution in [0.1, 0.15) is 38.4 Å². The van der Waals surface area contributed by atoms with E-state index in [1.807, 2.05) is 47.7 Å². The number of benzene rings is 2. The van der Waals surface area contributed by atoms with Crippen LogP contribution in [0.25, 0.3) is 0 Å². The van der Waals surface area contributed by atoms with E-state index in [2.05, 4.69) is 41.2 Å². The van der Waals surface area contributed by atoms with Crippen LogP contribution in [-0.4, -0.2) is 51.7 Å². The zero-order valence-corrected chi connectivity index (χ0v) is 19.2. The Balaban J connectivity index is 1.38. The van der Waals surface area contributed by atoms with Gasteiger partial charge in [-0.1, -0.05) is 48.0 Å². The van der Waals surface area contributed by atoms with Gasteiger partial charge in [0.25, 0.3) is 5.91 Å². The van der Waals surface area contributed by atoms with Crippen molar-refractivity contribution in [2.45, 2.75) is 33.9 Å². The summed E-state index contributed by atoms with van der Waals surface area (Å²) in [5.41, 5.74) is 6.24. The smallest absolute Gasteiger partial charge is 0.253 e. The third-order valence-corrected chi connectivity index (χ3v) is 6.66. The molecule has 0 atom stereocenters. The van der Waals surface area contributed by atoms with Crippen molar-refractivity contribution in [3.05, 3.63) is 87.2 Å². The molecule has 1 saturated heterocycles. The predicted octanol–water partition coefficient (Wildman–Crippen LogP) is 4.47. The summed E-state index contributed by atoms with van der Waals surface area (Å²) < 4.78 is 1.89.